The predicted molar refractivity (Wildman–Crippen MR) is 75.6 cm³/mol. The Labute approximate surface area is 114 Å². The van der Waals surface area contributed by atoms with E-state index in [9.17, 15) is 4.79 Å². The van der Waals surface area contributed by atoms with Gasteiger partial charge < -0.3 is 15.6 Å². The zero-order valence-electron chi connectivity index (χ0n) is 12.1. The first-order chi connectivity index (χ1) is 8.88. The second-order valence-electron chi connectivity index (χ2n) is 5.11. The topological polar surface area (TPSA) is 72.5 Å². The standard InChI is InChI=1S/C15H23NO3/c1-9(2)14-11(12(16)7-8-13(17)18)6-5-10(3)15(14)19-4/h5-6,9,12H,7-8,16H2,1-4H3,(H,17,18). The highest BCUT2D eigenvalue weighted by Crippen LogP contribution is 2.36. The van der Waals surface area contributed by atoms with Gasteiger partial charge >= 0.3 is 5.97 Å². The van der Waals surface area contributed by atoms with Crippen molar-refractivity contribution in [2.24, 2.45) is 5.73 Å². The van der Waals surface area contributed by atoms with E-state index in [1.807, 2.05) is 19.1 Å². The van der Waals surface area contributed by atoms with Gasteiger partial charge in [0.05, 0.1) is 7.11 Å². The summed E-state index contributed by atoms with van der Waals surface area (Å²) in [4.78, 5) is 10.7. The molecule has 4 nitrogen and oxygen atoms in total. The van der Waals surface area contributed by atoms with Gasteiger partial charge in [-0.1, -0.05) is 26.0 Å². The predicted octanol–water partition coefficient (Wildman–Crippen LogP) is 2.99. The van der Waals surface area contributed by atoms with E-state index in [0.717, 1.165) is 22.4 Å². The molecule has 0 saturated carbocycles. The van der Waals surface area contributed by atoms with Crippen molar-refractivity contribution in [3.05, 3.63) is 28.8 Å². The minimum Gasteiger partial charge on any atom is -0.496 e. The molecule has 0 fully saturated rings. The number of hydrogen-bond donors (Lipinski definition) is 2. The summed E-state index contributed by atoms with van der Waals surface area (Å²) in [5, 5.41) is 8.75. The molecule has 1 aromatic carbocycles. The first-order valence-electron chi connectivity index (χ1n) is 6.53. The molecule has 4 heteroatoms. The number of carbonyl (C=O) groups is 1. The lowest BCUT2D eigenvalue weighted by Crippen LogP contribution is -2.16. The summed E-state index contributed by atoms with van der Waals surface area (Å²) < 4.78 is 5.48. The van der Waals surface area contributed by atoms with Crippen LogP contribution in [0.2, 0.25) is 0 Å². The van der Waals surface area contributed by atoms with E-state index in [1.54, 1.807) is 7.11 Å². The molecule has 1 aromatic rings. The average Bonchev–Trinajstić information content (AvgIpc) is 2.35. The van der Waals surface area contributed by atoms with Gasteiger partial charge in [-0.3, -0.25) is 4.79 Å². The number of ether oxygens (including phenoxy) is 1. The third-order valence-corrected chi connectivity index (χ3v) is 3.28. The van der Waals surface area contributed by atoms with Crippen LogP contribution in [0.1, 0.15) is 55.3 Å². The lowest BCUT2D eigenvalue weighted by atomic mass is 9.89. The second-order valence-corrected chi connectivity index (χ2v) is 5.11. The minimum absolute atomic E-state index is 0.0783. The molecule has 0 spiro atoms. The van der Waals surface area contributed by atoms with Gasteiger partial charge in [0.1, 0.15) is 5.75 Å². The molecular weight excluding hydrogens is 242 g/mol. The van der Waals surface area contributed by atoms with Gasteiger partial charge in [-0.2, -0.15) is 0 Å². The largest absolute Gasteiger partial charge is 0.496 e. The van der Waals surface area contributed by atoms with Gasteiger partial charge in [0.15, 0.2) is 0 Å². The van der Waals surface area contributed by atoms with E-state index >= 15 is 0 Å². The van der Waals surface area contributed by atoms with Crippen LogP contribution in [0.4, 0.5) is 0 Å². The van der Waals surface area contributed by atoms with E-state index in [4.69, 9.17) is 15.6 Å². The number of hydrogen-bond acceptors (Lipinski definition) is 3. The Morgan fingerprint density at radius 1 is 1.42 bits per heavy atom. The van der Waals surface area contributed by atoms with Gasteiger partial charge in [-0.15, -0.1) is 0 Å². The van der Waals surface area contributed by atoms with Crippen LogP contribution in [0.15, 0.2) is 12.1 Å². The maximum absolute atomic E-state index is 10.7. The number of nitrogens with two attached hydrogens (primary N) is 1. The molecule has 0 aromatic heterocycles. The van der Waals surface area contributed by atoms with E-state index in [2.05, 4.69) is 13.8 Å². The molecule has 1 rings (SSSR count). The molecule has 1 atom stereocenters. The number of benzene rings is 1. The Balaban J connectivity index is 3.15. The fraction of sp³-hybridized carbons (Fsp3) is 0.533. The highest BCUT2D eigenvalue weighted by molar-refractivity contribution is 5.66. The molecule has 0 aliphatic carbocycles. The molecule has 3 N–H and O–H groups in total. The zero-order chi connectivity index (χ0) is 14.6. The van der Waals surface area contributed by atoms with Gasteiger partial charge in [0.25, 0.3) is 0 Å². The molecule has 106 valence electrons. The van der Waals surface area contributed by atoms with Crippen molar-refractivity contribution < 1.29 is 14.6 Å². The van der Waals surface area contributed by atoms with Crippen LogP contribution in [-0.2, 0) is 4.79 Å². The Bertz CT molecular complexity index is 455. The van der Waals surface area contributed by atoms with Crippen LogP contribution >= 0.6 is 0 Å². The quantitative estimate of drug-likeness (QED) is 0.829. The van der Waals surface area contributed by atoms with Crippen LogP contribution in [0.5, 0.6) is 5.75 Å². The first kappa shape index (κ1) is 15.5. The van der Waals surface area contributed by atoms with Crippen LogP contribution in [-0.4, -0.2) is 18.2 Å². The van der Waals surface area contributed by atoms with Crippen molar-refractivity contribution in [2.45, 2.75) is 45.6 Å². The van der Waals surface area contributed by atoms with E-state index in [-0.39, 0.29) is 18.4 Å². The summed E-state index contributed by atoms with van der Waals surface area (Å²) >= 11 is 0. The summed E-state index contributed by atoms with van der Waals surface area (Å²) in [6.07, 6.45) is 0.510. The Kier molecular flexibility index (Phi) is 5.36. The lowest BCUT2D eigenvalue weighted by Gasteiger charge is -2.22. The molecule has 0 aliphatic heterocycles. The highest BCUT2D eigenvalue weighted by atomic mass is 16.5. The van der Waals surface area contributed by atoms with Crippen LogP contribution < -0.4 is 10.5 Å². The third-order valence-electron chi connectivity index (χ3n) is 3.28. The third kappa shape index (κ3) is 3.70. The van der Waals surface area contributed by atoms with Gasteiger partial charge in [0, 0.05) is 18.0 Å². The van der Waals surface area contributed by atoms with E-state index in [0.29, 0.717) is 6.42 Å². The molecule has 0 saturated heterocycles. The van der Waals surface area contributed by atoms with Gasteiger partial charge in [-0.05, 0) is 30.4 Å². The number of carboxylic acids is 1. The fourth-order valence-corrected chi connectivity index (χ4v) is 2.35. The molecule has 0 aliphatic rings. The van der Waals surface area contributed by atoms with Crippen molar-refractivity contribution in [2.75, 3.05) is 7.11 Å². The van der Waals surface area contributed by atoms with Crippen molar-refractivity contribution in [1.82, 2.24) is 0 Å². The van der Waals surface area contributed by atoms with Crippen molar-refractivity contribution in [3.63, 3.8) is 0 Å². The SMILES string of the molecule is COc1c(C)ccc(C(N)CCC(=O)O)c1C(C)C. The molecule has 0 heterocycles. The van der Waals surface area contributed by atoms with Gasteiger partial charge in [0.2, 0.25) is 0 Å². The number of rotatable bonds is 6. The molecule has 1 unspecified atom stereocenters. The Hall–Kier alpha value is -1.55. The molecule has 0 amide bonds. The molecule has 0 bridgehead atoms. The normalized spacial score (nSPS) is 12.5. The summed E-state index contributed by atoms with van der Waals surface area (Å²) in [7, 11) is 1.65. The molecule has 0 radical (unpaired) electrons. The molecule has 19 heavy (non-hydrogen) atoms. The van der Waals surface area contributed by atoms with E-state index < -0.39 is 5.97 Å². The number of methoxy groups -OCH3 is 1. The summed E-state index contributed by atoms with van der Waals surface area (Å²) in [5.74, 6) is 0.319. The second kappa shape index (κ2) is 6.57. The zero-order valence-corrected chi connectivity index (χ0v) is 12.1. The number of aliphatic carboxylic acids is 1. The number of carboxylic acid groups (broad SMARTS) is 1. The fourth-order valence-electron chi connectivity index (χ4n) is 2.35. The highest BCUT2D eigenvalue weighted by Gasteiger charge is 2.19. The van der Waals surface area contributed by atoms with Crippen LogP contribution in [0, 0.1) is 6.92 Å². The lowest BCUT2D eigenvalue weighted by molar-refractivity contribution is -0.137. The summed E-state index contributed by atoms with van der Waals surface area (Å²) in [6.45, 7) is 6.17. The maximum Gasteiger partial charge on any atom is 0.303 e. The average molecular weight is 265 g/mol. The van der Waals surface area contributed by atoms with E-state index in [1.165, 1.54) is 0 Å². The minimum atomic E-state index is -0.819. The Morgan fingerprint density at radius 3 is 2.53 bits per heavy atom. The Morgan fingerprint density at radius 2 is 2.05 bits per heavy atom. The van der Waals surface area contributed by atoms with Gasteiger partial charge in [-0.25, -0.2) is 0 Å². The van der Waals surface area contributed by atoms with Crippen LogP contribution in [0.3, 0.4) is 0 Å². The van der Waals surface area contributed by atoms with Crippen LogP contribution in [0.25, 0.3) is 0 Å². The first-order valence-corrected chi connectivity index (χ1v) is 6.53. The number of aryl methyl sites for hydroxylation is 1. The smallest absolute Gasteiger partial charge is 0.303 e. The summed E-state index contributed by atoms with van der Waals surface area (Å²) in [5.41, 5.74) is 9.28. The maximum atomic E-state index is 10.7. The molecular formula is C15H23NO3. The van der Waals surface area contributed by atoms with Crippen molar-refractivity contribution in [3.8, 4) is 5.75 Å². The van der Waals surface area contributed by atoms with Crippen molar-refractivity contribution in [1.29, 1.82) is 0 Å². The summed E-state index contributed by atoms with van der Waals surface area (Å²) in [6, 6.07) is 3.68. The monoisotopic (exact) mass is 265 g/mol. The van der Waals surface area contributed by atoms with Crippen molar-refractivity contribution >= 4 is 5.97 Å².